The Balaban J connectivity index is 1.89. The number of rotatable bonds is 2. The number of nitrogens with one attached hydrogen (secondary N) is 1. The van der Waals surface area contributed by atoms with Crippen molar-refractivity contribution < 1.29 is 0 Å². The van der Waals surface area contributed by atoms with E-state index in [0.717, 1.165) is 33.1 Å². The van der Waals surface area contributed by atoms with E-state index in [1.807, 2.05) is 18.2 Å². The molecule has 104 valence electrons. The van der Waals surface area contributed by atoms with E-state index in [0.29, 0.717) is 11.7 Å². The summed E-state index contributed by atoms with van der Waals surface area (Å²) >= 11 is 2.10. The monoisotopic (exact) mass is 388 g/mol. The van der Waals surface area contributed by atoms with Crippen LogP contribution >= 0.6 is 22.6 Å². The predicted octanol–water partition coefficient (Wildman–Crippen LogP) is 4.07. The molecule has 0 spiro atoms. The van der Waals surface area contributed by atoms with Crippen LogP contribution in [0.25, 0.3) is 22.2 Å². The number of fused-ring (bicyclic) bond motifs is 1. The minimum atomic E-state index is -0.0318. The number of aromatic amines is 1. The maximum atomic E-state index is 12.1. The van der Waals surface area contributed by atoms with Crippen LogP contribution in [-0.2, 0) is 0 Å². The summed E-state index contributed by atoms with van der Waals surface area (Å²) in [5, 5.41) is 2.35. The predicted molar refractivity (Wildman–Crippen MR) is 92.5 cm³/mol. The zero-order valence-electron chi connectivity index (χ0n) is 11.3. The lowest BCUT2D eigenvalue weighted by molar-refractivity contribution is 0.958. The lowest BCUT2D eigenvalue weighted by atomic mass is 10.1. The quantitative estimate of drug-likeness (QED) is 0.673. The molecule has 21 heavy (non-hydrogen) atoms. The molecule has 0 aliphatic heterocycles. The Hall–Kier alpha value is -1.69. The zero-order valence-corrected chi connectivity index (χ0v) is 13.4. The number of benzene rings is 2. The van der Waals surface area contributed by atoms with Gasteiger partial charge in [0.25, 0.3) is 5.56 Å². The molecule has 0 amide bonds. The summed E-state index contributed by atoms with van der Waals surface area (Å²) < 4.78 is 0.736. The Morgan fingerprint density at radius 3 is 2.62 bits per heavy atom. The molecular weight excluding hydrogens is 375 g/mol. The molecule has 4 heteroatoms. The second-order valence-corrected chi connectivity index (χ2v) is 6.53. The summed E-state index contributed by atoms with van der Waals surface area (Å²) in [5.74, 6) is 1.14. The first-order valence-electron chi connectivity index (χ1n) is 7.01. The summed E-state index contributed by atoms with van der Waals surface area (Å²) in [5.41, 5.74) is 1.89. The van der Waals surface area contributed by atoms with E-state index < -0.39 is 0 Å². The van der Waals surface area contributed by atoms with Crippen LogP contribution in [0.4, 0.5) is 0 Å². The van der Waals surface area contributed by atoms with E-state index in [9.17, 15) is 4.79 Å². The van der Waals surface area contributed by atoms with Crippen molar-refractivity contribution in [2.75, 3.05) is 0 Å². The molecule has 1 aliphatic carbocycles. The lowest BCUT2D eigenvalue weighted by Crippen LogP contribution is -2.15. The SMILES string of the molecule is O=c1[nH]c(-c2ccc3ccccc3c2)nc(C2CC2)c1I. The van der Waals surface area contributed by atoms with Crippen molar-refractivity contribution in [3.63, 3.8) is 0 Å². The molecule has 1 aliphatic rings. The maximum absolute atomic E-state index is 12.1. The van der Waals surface area contributed by atoms with Gasteiger partial charge >= 0.3 is 0 Å². The highest BCUT2D eigenvalue weighted by atomic mass is 127. The van der Waals surface area contributed by atoms with E-state index in [4.69, 9.17) is 4.98 Å². The first kappa shape index (κ1) is 13.0. The summed E-state index contributed by atoms with van der Waals surface area (Å²) in [4.78, 5) is 19.7. The average molecular weight is 388 g/mol. The van der Waals surface area contributed by atoms with Crippen molar-refractivity contribution in [3.05, 3.63) is 62.1 Å². The van der Waals surface area contributed by atoms with Crippen molar-refractivity contribution in [1.29, 1.82) is 0 Å². The van der Waals surface area contributed by atoms with Crippen LogP contribution in [-0.4, -0.2) is 9.97 Å². The summed E-state index contributed by atoms with van der Waals surface area (Å²) in [7, 11) is 0. The van der Waals surface area contributed by atoms with Gasteiger partial charge in [-0.15, -0.1) is 0 Å². The molecule has 2 aromatic carbocycles. The average Bonchev–Trinajstić information content (AvgIpc) is 3.34. The molecule has 0 radical (unpaired) electrons. The second kappa shape index (κ2) is 4.94. The molecule has 1 N–H and O–H groups in total. The Labute approximate surface area is 135 Å². The molecule has 0 saturated heterocycles. The fourth-order valence-electron chi connectivity index (χ4n) is 2.58. The van der Waals surface area contributed by atoms with Crippen LogP contribution in [0, 0.1) is 3.57 Å². The van der Waals surface area contributed by atoms with Crippen LogP contribution in [0.15, 0.2) is 47.3 Å². The van der Waals surface area contributed by atoms with E-state index >= 15 is 0 Å². The zero-order chi connectivity index (χ0) is 14.4. The van der Waals surface area contributed by atoms with Gasteiger partial charge in [0.05, 0.1) is 9.26 Å². The fourth-order valence-corrected chi connectivity index (χ4v) is 3.27. The van der Waals surface area contributed by atoms with E-state index in [2.05, 4.69) is 51.8 Å². The maximum Gasteiger partial charge on any atom is 0.264 e. The summed E-state index contributed by atoms with van der Waals surface area (Å²) in [6.07, 6.45) is 2.28. The molecule has 1 heterocycles. The van der Waals surface area contributed by atoms with Gasteiger partial charge < -0.3 is 4.98 Å². The molecule has 3 aromatic rings. The van der Waals surface area contributed by atoms with Crippen molar-refractivity contribution in [2.24, 2.45) is 0 Å². The van der Waals surface area contributed by atoms with Gasteiger partial charge in [-0.1, -0.05) is 36.4 Å². The van der Waals surface area contributed by atoms with Crippen molar-refractivity contribution in [1.82, 2.24) is 9.97 Å². The number of nitrogens with zero attached hydrogens (tertiary/aromatic N) is 1. The molecule has 4 rings (SSSR count). The van der Waals surface area contributed by atoms with Gasteiger partial charge in [0, 0.05) is 11.5 Å². The van der Waals surface area contributed by atoms with Crippen LogP contribution in [0.2, 0.25) is 0 Å². The third kappa shape index (κ3) is 2.37. The molecule has 1 saturated carbocycles. The van der Waals surface area contributed by atoms with Crippen LogP contribution in [0.1, 0.15) is 24.5 Å². The molecular formula is C17H13IN2O. The Morgan fingerprint density at radius 2 is 1.86 bits per heavy atom. The Kier molecular flexibility index (Phi) is 3.06. The summed E-state index contributed by atoms with van der Waals surface area (Å²) in [6, 6.07) is 14.4. The highest BCUT2D eigenvalue weighted by Gasteiger charge is 2.29. The first-order chi connectivity index (χ1) is 10.2. The Morgan fingerprint density at radius 1 is 1.10 bits per heavy atom. The number of aromatic nitrogens is 2. The third-order valence-electron chi connectivity index (χ3n) is 3.88. The highest BCUT2D eigenvalue weighted by molar-refractivity contribution is 14.1. The standard InChI is InChI=1S/C17H13IN2O/c18-14-15(11-6-7-11)19-16(20-17(14)21)13-8-5-10-3-1-2-4-12(10)9-13/h1-5,8-9,11H,6-7H2,(H,19,20,21). The topological polar surface area (TPSA) is 45.8 Å². The van der Waals surface area contributed by atoms with Gasteiger partial charge in [-0.25, -0.2) is 4.98 Å². The molecule has 1 fully saturated rings. The van der Waals surface area contributed by atoms with Crippen molar-refractivity contribution in [3.8, 4) is 11.4 Å². The molecule has 1 aromatic heterocycles. The van der Waals surface area contributed by atoms with Crippen LogP contribution < -0.4 is 5.56 Å². The number of hydrogen-bond acceptors (Lipinski definition) is 2. The molecule has 3 nitrogen and oxygen atoms in total. The molecule has 0 bridgehead atoms. The van der Waals surface area contributed by atoms with Crippen molar-refractivity contribution in [2.45, 2.75) is 18.8 Å². The summed E-state index contributed by atoms with van der Waals surface area (Å²) in [6.45, 7) is 0. The van der Waals surface area contributed by atoms with Gasteiger partial charge in [0.2, 0.25) is 0 Å². The van der Waals surface area contributed by atoms with Gasteiger partial charge in [0.1, 0.15) is 5.82 Å². The lowest BCUT2D eigenvalue weighted by Gasteiger charge is -2.07. The number of H-pyrrole nitrogens is 1. The minimum Gasteiger partial charge on any atom is -0.306 e. The van der Waals surface area contributed by atoms with Gasteiger partial charge in [-0.05, 0) is 52.3 Å². The van der Waals surface area contributed by atoms with Crippen LogP contribution in [0.5, 0.6) is 0 Å². The Bertz CT molecular complexity index is 897. The van der Waals surface area contributed by atoms with Gasteiger partial charge in [-0.2, -0.15) is 0 Å². The van der Waals surface area contributed by atoms with Crippen LogP contribution in [0.3, 0.4) is 0 Å². The third-order valence-corrected chi connectivity index (χ3v) is 4.92. The largest absolute Gasteiger partial charge is 0.306 e. The number of halogens is 1. The number of hydrogen-bond donors (Lipinski definition) is 1. The van der Waals surface area contributed by atoms with E-state index in [1.54, 1.807) is 0 Å². The molecule has 0 unspecified atom stereocenters. The fraction of sp³-hybridized carbons (Fsp3) is 0.176. The molecule has 0 atom stereocenters. The highest BCUT2D eigenvalue weighted by Crippen LogP contribution is 2.40. The second-order valence-electron chi connectivity index (χ2n) is 5.45. The van der Waals surface area contributed by atoms with E-state index in [-0.39, 0.29) is 5.56 Å². The smallest absolute Gasteiger partial charge is 0.264 e. The normalized spacial score (nSPS) is 14.5. The minimum absolute atomic E-state index is 0.0318. The van der Waals surface area contributed by atoms with Crippen molar-refractivity contribution >= 4 is 33.4 Å². The van der Waals surface area contributed by atoms with E-state index in [1.165, 1.54) is 5.39 Å². The van der Waals surface area contributed by atoms with Gasteiger partial charge in [-0.3, -0.25) is 4.79 Å². The first-order valence-corrected chi connectivity index (χ1v) is 8.09. The van der Waals surface area contributed by atoms with Gasteiger partial charge in [0.15, 0.2) is 0 Å².